The molecular formula is C15H20N2O7S. The van der Waals surface area contributed by atoms with Gasteiger partial charge in [0.05, 0.1) is 17.6 Å². The Balaban J connectivity index is 2.04. The molecular weight excluding hydrogens is 352 g/mol. The molecule has 0 saturated carbocycles. The fourth-order valence-electron chi connectivity index (χ4n) is 2.29. The smallest absolute Gasteiger partial charge is 0.410 e. The van der Waals surface area contributed by atoms with Gasteiger partial charge < -0.3 is 9.64 Å². The van der Waals surface area contributed by atoms with Gasteiger partial charge in [-0.05, 0) is 33.3 Å². The number of nitro benzene ring substituents is 1. The van der Waals surface area contributed by atoms with Gasteiger partial charge in [-0.1, -0.05) is 6.07 Å². The second kappa shape index (κ2) is 6.96. The largest absolute Gasteiger partial charge is 0.444 e. The van der Waals surface area contributed by atoms with E-state index in [1.807, 2.05) is 0 Å². The molecule has 10 heteroatoms. The highest BCUT2D eigenvalue weighted by atomic mass is 32.2. The molecule has 0 aromatic heterocycles. The summed E-state index contributed by atoms with van der Waals surface area (Å²) in [6.45, 7) is 5.60. The Morgan fingerprint density at radius 3 is 2.64 bits per heavy atom. The third kappa shape index (κ3) is 5.13. The second-order valence-corrected chi connectivity index (χ2v) is 8.21. The minimum absolute atomic E-state index is 0.0725. The Morgan fingerprint density at radius 1 is 1.36 bits per heavy atom. The highest BCUT2D eigenvalue weighted by molar-refractivity contribution is 7.86. The van der Waals surface area contributed by atoms with Crippen molar-refractivity contribution in [2.24, 2.45) is 0 Å². The van der Waals surface area contributed by atoms with Gasteiger partial charge in [-0.3, -0.25) is 14.3 Å². The zero-order valence-electron chi connectivity index (χ0n) is 14.2. The number of carbonyl (C=O) groups excluding carboxylic acids is 1. The molecule has 1 fully saturated rings. The third-order valence-electron chi connectivity index (χ3n) is 3.38. The summed E-state index contributed by atoms with van der Waals surface area (Å²) in [5, 5.41) is 10.8. The molecule has 1 atom stereocenters. The fraction of sp³-hybridized carbons (Fsp3) is 0.533. The van der Waals surface area contributed by atoms with E-state index in [1.165, 1.54) is 23.1 Å². The molecule has 0 aliphatic carbocycles. The van der Waals surface area contributed by atoms with E-state index in [1.54, 1.807) is 20.8 Å². The fourth-order valence-corrected chi connectivity index (χ4v) is 3.42. The average Bonchev–Trinajstić information content (AvgIpc) is 2.93. The summed E-state index contributed by atoms with van der Waals surface area (Å²) in [7, 11) is -4.17. The summed E-state index contributed by atoms with van der Waals surface area (Å²) in [6, 6.07) is 4.63. The van der Waals surface area contributed by atoms with E-state index in [9.17, 15) is 23.3 Å². The molecule has 0 bridgehead atoms. The SMILES string of the molecule is CC(C)(C)OC(=O)N1CCC(OS(=O)(=O)c2cccc([N+](=O)[O-])c2)C1. The topological polar surface area (TPSA) is 116 Å². The summed E-state index contributed by atoms with van der Waals surface area (Å²) in [5.41, 5.74) is -0.989. The van der Waals surface area contributed by atoms with Crippen LogP contribution in [0.15, 0.2) is 29.2 Å². The zero-order valence-corrected chi connectivity index (χ0v) is 15.0. The van der Waals surface area contributed by atoms with Gasteiger partial charge in [0.15, 0.2) is 0 Å². The highest BCUT2D eigenvalue weighted by Crippen LogP contribution is 2.24. The lowest BCUT2D eigenvalue weighted by Gasteiger charge is -2.24. The van der Waals surface area contributed by atoms with Gasteiger partial charge in [0, 0.05) is 18.7 Å². The van der Waals surface area contributed by atoms with E-state index in [0.29, 0.717) is 13.0 Å². The first-order valence-electron chi connectivity index (χ1n) is 7.63. The molecule has 0 radical (unpaired) electrons. The minimum atomic E-state index is -4.17. The van der Waals surface area contributed by atoms with Crippen molar-refractivity contribution in [1.82, 2.24) is 4.90 Å². The van der Waals surface area contributed by atoms with Crippen molar-refractivity contribution < 1.29 is 27.1 Å². The number of benzene rings is 1. The lowest BCUT2D eigenvalue weighted by atomic mass is 10.2. The standard InChI is InChI=1S/C15H20N2O7S/c1-15(2,3)23-14(18)16-8-7-12(10-16)24-25(21,22)13-6-4-5-11(9-13)17(19)20/h4-6,9,12H,7-8,10H2,1-3H3. The number of rotatable bonds is 4. The normalized spacial score (nSPS) is 18.2. The van der Waals surface area contributed by atoms with Crippen molar-refractivity contribution in [2.75, 3.05) is 13.1 Å². The van der Waals surface area contributed by atoms with Crippen LogP contribution in [0.5, 0.6) is 0 Å². The van der Waals surface area contributed by atoms with Crippen LogP contribution in [0.4, 0.5) is 10.5 Å². The molecule has 138 valence electrons. The van der Waals surface area contributed by atoms with Crippen LogP contribution in [0.2, 0.25) is 0 Å². The van der Waals surface area contributed by atoms with Gasteiger partial charge in [-0.2, -0.15) is 8.42 Å². The third-order valence-corrected chi connectivity index (χ3v) is 4.73. The van der Waals surface area contributed by atoms with E-state index >= 15 is 0 Å². The van der Waals surface area contributed by atoms with E-state index < -0.39 is 32.8 Å². The van der Waals surface area contributed by atoms with Crippen molar-refractivity contribution in [2.45, 2.75) is 43.8 Å². The number of nitro groups is 1. The first-order valence-corrected chi connectivity index (χ1v) is 9.04. The van der Waals surface area contributed by atoms with Gasteiger partial charge in [-0.25, -0.2) is 4.79 Å². The van der Waals surface area contributed by atoms with E-state index in [4.69, 9.17) is 8.92 Å². The molecule has 1 amide bonds. The van der Waals surface area contributed by atoms with Gasteiger partial charge in [-0.15, -0.1) is 0 Å². The van der Waals surface area contributed by atoms with Crippen molar-refractivity contribution in [3.8, 4) is 0 Å². The number of likely N-dealkylation sites (tertiary alicyclic amines) is 1. The summed E-state index contributed by atoms with van der Waals surface area (Å²) < 4.78 is 34.9. The first kappa shape index (κ1) is 19.1. The average molecular weight is 372 g/mol. The molecule has 1 heterocycles. The quantitative estimate of drug-likeness (QED) is 0.452. The highest BCUT2D eigenvalue weighted by Gasteiger charge is 2.33. The van der Waals surface area contributed by atoms with Gasteiger partial charge in [0.1, 0.15) is 10.5 Å². The molecule has 9 nitrogen and oxygen atoms in total. The molecule has 1 aromatic rings. The molecule has 1 aliphatic rings. The van der Waals surface area contributed by atoms with Crippen LogP contribution in [0, 0.1) is 10.1 Å². The van der Waals surface area contributed by atoms with Crippen molar-refractivity contribution >= 4 is 21.9 Å². The Kier molecular flexibility index (Phi) is 5.33. The van der Waals surface area contributed by atoms with Crippen LogP contribution in [-0.2, 0) is 19.0 Å². The van der Waals surface area contributed by atoms with Crippen LogP contribution >= 0.6 is 0 Å². The molecule has 2 rings (SSSR count). The van der Waals surface area contributed by atoms with Crippen LogP contribution < -0.4 is 0 Å². The lowest BCUT2D eigenvalue weighted by Crippen LogP contribution is -2.36. The molecule has 0 spiro atoms. The Hall–Kier alpha value is -2.20. The maximum absolute atomic E-state index is 12.3. The van der Waals surface area contributed by atoms with E-state index in [-0.39, 0.29) is 17.1 Å². The van der Waals surface area contributed by atoms with E-state index in [2.05, 4.69) is 0 Å². The summed E-state index contributed by atoms with van der Waals surface area (Å²) >= 11 is 0. The summed E-state index contributed by atoms with van der Waals surface area (Å²) in [4.78, 5) is 23.2. The number of carbonyl (C=O) groups is 1. The number of non-ortho nitro benzene ring substituents is 1. The second-order valence-electron chi connectivity index (χ2n) is 6.64. The Labute approximate surface area is 145 Å². The summed E-state index contributed by atoms with van der Waals surface area (Å²) in [5.74, 6) is 0. The van der Waals surface area contributed by atoms with Gasteiger partial charge in [0.25, 0.3) is 15.8 Å². The number of hydrogen-bond acceptors (Lipinski definition) is 7. The van der Waals surface area contributed by atoms with Gasteiger partial charge >= 0.3 is 6.09 Å². The molecule has 0 N–H and O–H groups in total. The van der Waals surface area contributed by atoms with Crippen LogP contribution in [0.3, 0.4) is 0 Å². The van der Waals surface area contributed by atoms with Crippen molar-refractivity contribution in [3.05, 3.63) is 34.4 Å². The van der Waals surface area contributed by atoms with Crippen molar-refractivity contribution in [1.29, 1.82) is 0 Å². The predicted molar refractivity (Wildman–Crippen MR) is 87.6 cm³/mol. The molecule has 1 aromatic carbocycles. The zero-order chi connectivity index (χ0) is 18.8. The van der Waals surface area contributed by atoms with Crippen LogP contribution in [-0.4, -0.2) is 49.1 Å². The molecule has 1 unspecified atom stereocenters. The number of nitrogens with zero attached hydrogens (tertiary/aromatic N) is 2. The summed E-state index contributed by atoms with van der Waals surface area (Å²) in [6.07, 6.45) is -0.934. The predicted octanol–water partition coefficient (Wildman–Crippen LogP) is 2.31. The minimum Gasteiger partial charge on any atom is -0.444 e. The lowest BCUT2D eigenvalue weighted by molar-refractivity contribution is -0.385. The molecule has 25 heavy (non-hydrogen) atoms. The Morgan fingerprint density at radius 2 is 2.04 bits per heavy atom. The van der Waals surface area contributed by atoms with Crippen LogP contribution in [0.1, 0.15) is 27.2 Å². The maximum Gasteiger partial charge on any atom is 0.410 e. The first-order chi connectivity index (χ1) is 11.5. The molecule has 1 aliphatic heterocycles. The maximum atomic E-state index is 12.3. The Bertz CT molecular complexity index is 770. The van der Waals surface area contributed by atoms with Crippen molar-refractivity contribution in [3.63, 3.8) is 0 Å². The number of amides is 1. The van der Waals surface area contributed by atoms with E-state index in [0.717, 1.165) is 6.07 Å². The number of hydrogen-bond donors (Lipinski definition) is 0. The van der Waals surface area contributed by atoms with Gasteiger partial charge in [0.2, 0.25) is 0 Å². The monoisotopic (exact) mass is 372 g/mol. The van der Waals surface area contributed by atoms with Crippen LogP contribution in [0.25, 0.3) is 0 Å². The molecule has 1 saturated heterocycles. The number of ether oxygens (including phenoxy) is 1.